The average molecular weight is 231 g/mol. The van der Waals surface area contributed by atoms with Crippen LogP contribution in [-0.2, 0) is 0 Å². The number of hydrogen-bond acceptors (Lipinski definition) is 2. The van der Waals surface area contributed by atoms with Gasteiger partial charge in [0.1, 0.15) is 0 Å². The zero-order valence-corrected chi connectivity index (χ0v) is 11.7. The molecule has 0 saturated heterocycles. The lowest BCUT2D eigenvalue weighted by Crippen LogP contribution is -2.50. The van der Waals surface area contributed by atoms with E-state index in [4.69, 9.17) is 12.2 Å². The third kappa shape index (κ3) is 6.68. The lowest BCUT2D eigenvalue weighted by Gasteiger charge is -2.33. The smallest absolute Gasteiger partial charge is 0.166 e. The van der Waals surface area contributed by atoms with E-state index in [2.05, 4.69) is 57.3 Å². The van der Waals surface area contributed by atoms with Gasteiger partial charge in [0.05, 0.1) is 0 Å². The third-order valence-corrected chi connectivity index (χ3v) is 2.85. The molecule has 0 aromatic carbocycles. The molecule has 0 aromatic heterocycles. The van der Waals surface area contributed by atoms with Crippen molar-refractivity contribution in [2.75, 3.05) is 27.2 Å². The van der Waals surface area contributed by atoms with Crippen LogP contribution in [0.4, 0.5) is 0 Å². The van der Waals surface area contributed by atoms with Crippen LogP contribution < -0.4 is 10.6 Å². The number of hydrogen-bond donors (Lipinski definition) is 2. The molecule has 0 fully saturated rings. The lowest BCUT2D eigenvalue weighted by atomic mass is 10.1. The Hall–Kier alpha value is -0.350. The second-order valence-corrected chi connectivity index (χ2v) is 5.57. The lowest BCUT2D eigenvalue weighted by molar-refractivity contribution is 0.198. The summed E-state index contributed by atoms with van der Waals surface area (Å²) in [5, 5.41) is 7.18. The van der Waals surface area contributed by atoms with Gasteiger partial charge in [0.25, 0.3) is 0 Å². The predicted molar refractivity (Wildman–Crippen MR) is 71.2 cm³/mol. The van der Waals surface area contributed by atoms with Crippen LogP contribution in [0.25, 0.3) is 0 Å². The first-order valence-corrected chi connectivity index (χ1v) is 5.85. The van der Waals surface area contributed by atoms with Gasteiger partial charge < -0.3 is 15.5 Å². The highest BCUT2D eigenvalue weighted by Gasteiger charge is 2.20. The van der Waals surface area contributed by atoms with E-state index in [1.165, 1.54) is 0 Å². The molecule has 0 unspecified atom stereocenters. The summed E-state index contributed by atoms with van der Waals surface area (Å²) in [5.74, 6) is 0.617. The number of nitrogens with zero attached hydrogens (tertiary/aromatic N) is 1. The molecule has 0 heterocycles. The molecule has 0 aliphatic carbocycles. The van der Waals surface area contributed by atoms with E-state index in [-0.39, 0.29) is 5.54 Å². The zero-order valence-electron chi connectivity index (χ0n) is 10.8. The maximum atomic E-state index is 5.19. The Balaban J connectivity index is 3.80. The highest BCUT2D eigenvalue weighted by Crippen LogP contribution is 2.07. The molecule has 3 nitrogen and oxygen atoms in total. The Labute approximate surface area is 99.6 Å². The Morgan fingerprint density at radius 2 is 1.80 bits per heavy atom. The molecule has 90 valence electrons. The molecule has 2 N–H and O–H groups in total. The summed E-state index contributed by atoms with van der Waals surface area (Å²) in [6, 6.07) is 0. The van der Waals surface area contributed by atoms with Crippen molar-refractivity contribution in [1.29, 1.82) is 0 Å². The van der Waals surface area contributed by atoms with Gasteiger partial charge >= 0.3 is 0 Å². The van der Waals surface area contributed by atoms with E-state index >= 15 is 0 Å². The van der Waals surface area contributed by atoms with E-state index in [0.717, 1.165) is 18.2 Å². The fourth-order valence-corrected chi connectivity index (χ4v) is 0.970. The summed E-state index contributed by atoms with van der Waals surface area (Å²) >= 11 is 5.19. The SMILES string of the molecule is CC(C)CNC(=S)NCC(C)(C)N(C)C. The van der Waals surface area contributed by atoms with Crippen LogP contribution >= 0.6 is 12.2 Å². The van der Waals surface area contributed by atoms with Gasteiger partial charge in [-0.25, -0.2) is 0 Å². The van der Waals surface area contributed by atoms with Crippen molar-refractivity contribution in [3.63, 3.8) is 0 Å². The predicted octanol–water partition coefficient (Wildman–Crippen LogP) is 1.45. The highest BCUT2D eigenvalue weighted by atomic mass is 32.1. The van der Waals surface area contributed by atoms with Crippen LogP contribution in [0.2, 0.25) is 0 Å². The number of nitrogens with one attached hydrogen (secondary N) is 2. The van der Waals surface area contributed by atoms with E-state index in [9.17, 15) is 0 Å². The van der Waals surface area contributed by atoms with Gasteiger partial charge in [0.15, 0.2) is 5.11 Å². The van der Waals surface area contributed by atoms with Crippen LogP contribution in [0.3, 0.4) is 0 Å². The Morgan fingerprint density at radius 3 is 2.20 bits per heavy atom. The second kappa shape index (κ2) is 6.28. The maximum Gasteiger partial charge on any atom is 0.166 e. The van der Waals surface area contributed by atoms with Crippen LogP contribution in [0, 0.1) is 5.92 Å². The Kier molecular flexibility index (Phi) is 6.13. The molecule has 0 bridgehead atoms. The summed E-state index contributed by atoms with van der Waals surface area (Å²) in [4.78, 5) is 2.19. The molecule has 0 rings (SSSR count). The molecule has 0 spiro atoms. The largest absolute Gasteiger partial charge is 0.362 e. The van der Waals surface area contributed by atoms with Gasteiger partial charge in [-0.05, 0) is 46.1 Å². The normalized spacial score (nSPS) is 12.0. The molecule has 0 amide bonds. The van der Waals surface area contributed by atoms with Crippen LogP contribution in [0.1, 0.15) is 27.7 Å². The van der Waals surface area contributed by atoms with E-state index < -0.39 is 0 Å². The van der Waals surface area contributed by atoms with Gasteiger partial charge in [-0.3, -0.25) is 0 Å². The van der Waals surface area contributed by atoms with Gasteiger partial charge in [-0.1, -0.05) is 13.8 Å². The van der Waals surface area contributed by atoms with Crippen LogP contribution in [-0.4, -0.2) is 42.7 Å². The molecule has 0 aliphatic heterocycles. The minimum atomic E-state index is 0.115. The van der Waals surface area contributed by atoms with Crippen molar-refractivity contribution in [3.05, 3.63) is 0 Å². The van der Waals surface area contributed by atoms with Crippen LogP contribution in [0.5, 0.6) is 0 Å². The molecule has 0 radical (unpaired) electrons. The first-order valence-electron chi connectivity index (χ1n) is 5.45. The van der Waals surface area contributed by atoms with Gasteiger partial charge in [-0.2, -0.15) is 0 Å². The highest BCUT2D eigenvalue weighted by molar-refractivity contribution is 7.80. The van der Waals surface area contributed by atoms with Crippen molar-refractivity contribution >= 4 is 17.3 Å². The number of rotatable bonds is 5. The molecular formula is C11H25N3S. The third-order valence-electron chi connectivity index (χ3n) is 2.56. The Bertz CT molecular complexity index is 200. The number of thiocarbonyl (C=S) groups is 1. The van der Waals surface area contributed by atoms with E-state index in [0.29, 0.717) is 5.92 Å². The number of likely N-dealkylation sites (N-methyl/N-ethyl adjacent to an activating group) is 1. The first kappa shape index (κ1) is 14.6. The summed E-state index contributed by atoms with van der Waals surface area (Å²) in [6.45, 7) is 10.5. The monoisotopic (exact) mass is 231 g/mol. The van der Waals surface area contributed by atoms with Gasteiger partial charge in [0.2, 0.25) is 0 Å². The van der Waals surface area contributed by atoms with Gasteiger partial charge in [-0.15, -0.1) is 0 Å². The fraction of sp³-hybridized carbons (Fsp3) is 0.909. The standard InChI is InChI=1S/C11H25N3S/c1-9(2)7-12-10(15)13-8-11(3,4)14(5)6/h9H,7-8H2,1-6H3,(H2,12,13,15). The van der Waals surface area contributed by atoms with Crippen LogP contribution in [0.15, 0.2) is 0 Å². The quantitative estimate of drug-likeness (QED) is 0.700. The van der Waals surface area contributed by atoms with E-state index in [1.807, 2.05) is 0 Å². The first-order chi connectivity index (χ1) is 6.75. The molecule has 0 aromatic rings. The maximum absolute atomic E-state index is 5.19. The van der Waals surface area contributed by atoms with Crippen molar-refractivity contribution in [2.24, 2.45) is 5.92 Å². The van der Waals surface area contributed by atoms with Crippen molar-refractivity contribution in [1.82, 2.24) is 15.5 Å². The molecular weight excluding hydrogens is 206 g/mol. The molecule has 0 saturated carbocycles. The Morgan fingerprint density at radius 1 is 1.27 bits per heavy atom. The van der Waals surface area contributed by atoms with Crippen molar-refractivity contribution in [3.8, 4) is 0 Å². The average Bonchev–Trinajstić information content (AvgIpc) is 2.11. The molecule has 4 heteroatoms. The molecule has 15 heavy (non-hydrogen) atoms. The summed E-state index contributed by atoms with van der Waals surface area (Å²) in [7, 11) is 4.15. The summed E-state index contributed by atoms with van der Waals surface area (Å²) in [6.07, 6.45) is 0. The summed E-state index contributed by atoms with van der Waals surface area (Å²) in [5.41, 5.74) is 0.115. The summed E-state index contributed by atoms with van der Waals surface area (Å²) < 4.78 is 0. The van der Waals surface area contributed by atoms with E-state index in [1.54, 1.807) is 0 Å². The fourth-order valence-electron chi connectivity index (χ4n) is 0.814. The topological polar surface area (TPSA) is 27.3 Å². The second-order valence-electron chi connectivity index (χ2n) is 5.16. The van der Waals surface area contributed by atoms with Gasteiger partial charge in [0, 0.05) is 18.6 Å². The molecule has 0 atom stereocenters. The molecule has 0 aliphatic rings. The minimum absolute atomic E-state index is 0.115. The van der Waals surface area contributed by atoms with Crippen molar-refractivity contribution in [2.45, 2.75) is 33.2 Å². The zero-order chi connectivity index (χ0) is 12.1. The van der Waals surface area contributed by atoms with Crippen molar-refractivity contribution < 1.29 is 0 Å². The minimum Gasteiger partial charge on any atom is -0.362 e.